The molecule has 0 saturated carbocycles. The van der Waals surface area contributed by atoms with Gasteiger partial charge in [-0.1, -0.05) is 17.7 Å². The number of nitrogens with one attached hydrogen (secondary N) is 2. The van der Waals surface area contributed by atoms with Crippen molar-refractivity contribution in [1.82, 2.24) is 4.72 Å². The summed E-state index contributed by atoms with van der Waals surface area (Å²) in [5, 5.41) is 2.55. The summed E-state index contributed by atoms with van der Waals surface area (Å²) in [6, 6.07) is 7.81. The molecule has 2 aromatic carbocycles. The number of benzene rings is 2. The summed E-state index contributed by atoms with van der Waals surface area (Å²) in [4.78, 5) is 12.4. The molecule has 0 saturated heterocycles. The molecule has 0 bridgehead atoms. The Kier molecular flexibility index (Phi) is 5.59. The van der Waals surface area contributed by atoms with E-state index >= 15 is 0 Å². The summed E-state index contributed by atoms with van der Waals surface area (Å²) in [5.41, 5.74) is 2.60. The molecule has 2 N–H and O–H groups in total. The van der Waals surface area contributed by atoms with Crippen LogP contribution in [-0.2, 0) is 14.8 Å². The van der Waals surface area contributed by atoms with E-state index < -0.39 is 27.8 Å². The Bertz CT molecular complexity index is 870. The molecule has 2 rings (SSSR count). The first-order valence-electron chi connectivity index (χ1n) is 7.77. The zero-order valence-electron chi connectivity index (χ0n) is 14.6. The van der Waals surface area contributed by atoms with Crippen molar-refractivity contribution in [2.24, 2.45) is 0 Å². The predicted octanol–water partition coefficient (Wildman–Crippen LogP) is 3.06. The van der Waals surface area contributed by atoms with Crippen molar-refractivity contribution in [2.75, 3.05) is 5.32 Å². The van der Waals surface area contributed by atoms with Gasteiger partial charge in [0.05, 0.1) is 10.9 Å². The number of sulfonamides is 1. The van der Waals surface area contributed by atoms with E-state index in [1.807, 2.05) is 6.92 Å². The van der Waals surface area contributed by atoms with Gasteiger partial charge in [-0.3, -0.25) is 4.79 Å². The Balaban J connectivity index is 2.17. The first kappa shape index (κ1) is 19.1. The Labute approximate surface area is 147 Å². The van der Waals surface area contributed by atoms with E-state index in [2.05, 4.69) is 10.0 Å². The van der Waals surface area contributed by atoms with Crippen LogP contribution in [0, 0.1) is 26.6 Å². The van der Waals surface area contributed by atoms with Gasteiger partial charge in [0.15, 0.2) is 0 Å². The highest BCUT2D eigenvalue weighted by Gasteiger charge is 2.25. The number of anilines is 1. The summed E-state index contributed by atoms with van der Waals surface area (Å²) in [6.45, 7) is 6.79. The van der Waals surface area contributed by atoms with E-state index in [4.69, 9.17) is 0 Å². The minimum absolute atomic E-state index is 0.180. The van der Waals surface area contributed by atoms with Crippen LogP contribution in [0.3, 0.4) is 0 Å². The number of amides is 1. The molecule has 0 fully saturated rings. The van der Waals surface area contributed by atoms with E-state index in [-0.39, 0.29) is 4.90 Å². The van der Waals surface area contributed by atoms with Gasteiger partial charge in [-0.2, -0.15) is 4.72 Å². The Hall–Kier alpha value is -2.25. The summed E-state index contributed by atoms with van der Waals surface area (Å²) in [6.07, 6.45) is 0. The smallest absolute Gasteiger partial charge is 0.242 e. The maximum absolute atomic E-state index is 12.9. The molecule has 2 aromatic rings. The summed E-state index contributed by atoms with van der Waals surface area (Å²) < 4.78 is 40.6. The second-order valence-electron chi connectivity index (χ2n) is 6.07. The molecule has 0 aliphatic rings. The van der Waals surface area contributed by atoms with Gasteiger partial charge in [-0.05, 0) is 63.1 Å². The summed E-state index contributed by atoms with van der Waals surface area (Å²) in [5.74, 6) is -0.949. The van der Waals surface area contributed by atoms with Gasteiger partial charge in [-0.25, -0.2) is 12.8 Å². The van der Waals surface area contributed by atoms with E-state index in [9.17, 15) is 17.6 Å². The van der Waals surface area contributed by atoms with Gasteiger partial charge in [-0.15, -0.1) is 0 Å². The quantitative estimate of drug-likeness (QED) is 0.856. The number of hydrogen-bond donors (Lipinski definition) is 2. The maximum Gasteiger partial charge on any atom is 0.242 e. The van der Waals surface area contributed by atoms with Crippen LogP contribution >= 0.6 is 0 Å². The van der Waals surface area contributed by atoms with E-state index in [1.165, 1.54) is 31.2 Å². The van der Waals surface area contributed by atoms with Crippen LogP contribution < -0.4 is 10.0 Å². The fraction of sp³-hybridized carbons (Fsp3) is 0.278. The molecular formula is C18H21FN2O3S. The van der Waals surface area contributed by atoms with Crippen molar-refractivity contribution in [2.45, 2.75) is 38.6 Å². The normalized spacial score (nSPS) is 12.7. The van der Waals surface area contributed by atoms with Crippen LogP contribution in [0.15, 0.2) is 41.3 Å². The second-order valence-corrected chi connectivity index (χ2v) is 7.72. The lowest BCUT2D eigenvalue weighted by molar-refractivity contribution is -0.117. The van der Waals surface area contributed by atoms with Crippen LogP contribution in [-0.4, -0.2) is 20.4 Å². The molecule has 0 aliphatic heterocycles. The van der Waals surface area contributed by atoms with Gasteiger partial charge in [0.25, 0.3) is 0 Å². The number of halogens is 1. The first-order chi connectivity index (χ1) is 11.6. The van der Waals surface area contributed by atoms with Crippen LogP contribution in [0.5, 0.6) is 0 Å². The van der Waals surface area contributed by atoms with Gasteiger partial charge in [0.1, 0.15) is 5.82 Å². The van der Waals surface area contributed by atoms with Crippen LogP contribution in [0.4, 0.5) is 10.1 Å². The van der Waals surface area contributed by atoms with Gasteiger partial charge in [0, 0.05) is 5.69 Å². The highest BCUT2D eigenvalue weighted by Crippen LogP contribution is 2.22. The van der Waals surface area contributed by atoms with Crippen molar-refractivity contribution in [1.29, 1.82) is 0 Å². The summed E-state index contributed by atoms with van der Waals surface area (Å²) >= 11 is 0. The Morgan fingerprint density at radius 3 is 2.08 bits per heavy atom. The van der Waals surface area contributed by atoms with E-state index in [0.717, 1.165) is 5.56 Å². The van der Waals surface area contributed by atoms with Crippen LogP contribution in [0.1, 0.15) is 23.6 Å². The number of hydrogen-bond acceptors (Lipinski definition) is 3. The van der Waals surface area contributed by atoms with E-state index in [0.29, 0.717) is 16.8 Å². The molecule has 1 atom stereocenters. The SMILES string of the molecule is Cc1cc(C)c(S(=O)(=O)NC(C)C(=O)Nc2ccc(F)cc2)c(C)c1. The standard InChI is InChI=1S/C18H21FN2O3S/c1-11-9-12(2)17(13(3)10-11)25(23,24)21-14(4)18(22)20-16-7-5-15(19)6-8-16/h5-10,14,21H,1-4H3,(H,20,22). The topological polar surface area (TPSA) is 75.3 Å². The minimum atomic E-state index is -3.85. The molecule has 7 heteroatoms. The van der Waals surface area contributed by atoms with Gasteiger partial charge >= 0.3 is 0 Å². The van der Waals surface area contributed by atoms with Gasteiger partial charge < -0.3 is 5.32 Å². The highest BCUT2D eigenvalue weighted by molar-refractivity contribution is 7.89. The lowest BCUT2D eigenvalue weighted by Gasteiger charge is -2.17. The van der Waals surface area contributed by atoms with Crippen LogP contribution in [0.2, 0.25) is 0 Å². The largest absolute Gasteiger partial charge is 0.325 e. The maximum atomic E-state index is 12.9. The molecule has 0 spiro atoms. The number of carbonyl (C=O) groups excluding carboxylic acids is 1. The molecule has 5 nitrogen and oxygen atoms in total. The molecule has 25 heavy (non-hydrogen) atoms. The average Bonchev–Trinajstić information content (AvgIpc) is 2.47. The number of rotatable bonds is 5. The molecule has 1 unspecified atom stereocenters. The fourth-order valence-corrected chi connectivity index (χ4v) is 4.38. The molecule has 134 valence electrons. The first-order valence-corrected chi connectivity index (χ1v) is 9.25. The zero-order valence-corrected chi connectivity index (χ0v) is 15.4. The molecule has 0 heterocycles. The van der Waals surface area contributed by atoms with Crippen molar-refractivity contribution < 1.29 is 17.6 Å². The lowest BCUT2D eigenvalue weighted by Crippen LogP contribution is -2.41. The van der Waals surface area contributed by atoms with Crippen molar-refractivity contribution in [3.63, 3.8) is 0 Å². The third-order valence-corrected chi connectivity index (χ3v) is 5.56. The van der Waals surface area contributed by atoms with Crippen molar-refractivity contribution in [3.8, 4) is 0 Å². The average molecular weight is 364 g/mol. The fourth-order valence-electron chi connectivity index (χ4n) is 2.72. The number of aryl methyl sites for hydroxylation is 3. The highest BCUT2D eigenvalue weighted by atomic mass is 32.2. The second kappa shape index (κ2) is 7.33. The third kappa shape index (κ3) is 4.64. The van der Waals surface area contributed by atoms with Crippen LogP contribution in [0.25, 0.3) is 0 Å². The molecule has 1 amide bonds. The molecule has 0 aliphatic carbocycles. The minimum Gasteiger partial charge on any atom is -0.325 e. The predicted molar refractivity (Wildman–Crippen MR) is 95.5 cm³/mol. The molecule has 0 aromatic heterocycles. The lowest BCUT2D eigenvalue weighted by atomic mass is 10.1. The Morgan fingerprint density at radius 2 is 1.56 bits per heavy atom. The Morgan fingerprint density at radius 1 is 1.04 bits per heavy atom. The van der Waals surface area contributed by atoms with Crippen molar-refractivity contribution >= 4 is 21.6 Å². The molecule has 0 radical (unpaired) electrons. The molecular weight excluding hydrogens is 343 g/mol. The number of carbonyl (C=O) groups is 1. The zero-order chi connectivity index (χ0) is 18.8. The monoisotopic (exact) mass is 364 g/mol. The van der Waals surface area contributed by atoms with E-state index in [1.54, 1.807) is 26.0 Å². The van der Waals surface area contributed by atoms with Crippen molar-refractivity contribution in [3.05, 3.63) is 58.9 Å². The third-order valence-electron chi connectivity index (χ3n) is 3.71. The van der Waals surface area contributed by atoms with Gasteiger partial charge in [0.2, 0.25) is 15.9 Å². The summed E-state index contributed by atoms with van der Waals surface area (Å²) in [7, 11) is -3.85.